The third kappa shape index (κ3) is 3.22. The van der Waals surface area contributed by atoms with Gasteiger partial charge in [0.1, 0.15) is 5.82 Å². The SMILES string of the molecule is Fc1cccc(C(F)(F)CC2CCCNC2)c1. The van der Waals surface area contributed by atoms with Crippen LogP contribution < -0.4 is 5.32 Å². The summed E-state index contributed by atoms with van der Waals surface area (Å²) >= 11 is 0. The van der Waals surface area contributed by atoms with Crippen LogP contribution in [0, 0.1) is 11.7 Å². The Morgan fingerprint density at radius 2 is 2.18 bits per heavy atom. The van der Waals surface area contributed by atoms with E-state index >= 15 is 0 Å². The topological polar surface area (TPSA) is 12.0 Å². The number of benzene rings is 1. The van der Waals surface area contributed by atoms with Crippen molar-refractivity contribution < 1.29 is 13.2 Å². The lowest BCUT2D eigenvalue weighted by atomic mass is 9.90. The Hall–Kier alpha value is -1.03. The predicted octanol–water partition coefficient (Wildman–Crippen LogP) is 3.31. The Kier molecular flexibility index (Phi) is 3.72. The summed E-state index contributed by atoms with van der Waals surface area (Å²) in [5, 5.41) is 3.11. The minimum Gasteiger partial charge on any atom is -0.316 e. The van der Waals surface area contributed by atoms with Crippen molar-refractivity contribution in [2.45, 2.75) is 25.2 Å². The zero-order valence-corrected chi connectivity index (χ0v) is 9.56. The minimum atomic E-state index is -2.94. The Morgan fingerprint density at radius 3 is 2.82 bits per heavy atom. The molecule has 1 aromatic rings. The summed E-state index contributed by atoms with van der Waals surface area (Å²) in [6.07, 6.45) is 1.55. The Balaban J connectivity index is 2.06. The monoisotopic (exact) mass is 243 g/mol. The summed E-state index contributed by atoms with van der Waals surface area (Å²) in [5.74, 6) is -3.57. The molecule has 17 heavy (non-hydrogen) atoms. The molecule has 1 atom stereocenters. The average molecular weight is 243 g/mol. The largest absolute Gasteiger partial charge is 0.316 e. The lowest BCUT2D eigenvalue weighted by Crippen LogP contribution is -2.33. The summed E-state index contributed by atoms with van der Waals surface area (Å²) in [6.45, 7) is 1.53. The molecule has 1 aliphatic heterocycles. The van der Waals surface area contributed by atoms with Crippen LogP contribution in [0.2, 0.25) is 0 Å². The van der Waals surface area contributed by atoms with Crippen molar-refractivity contribution in [1.29, 1.82) is 0 Å². The Labute approximate surface area is 99.0 Å². The van der Waals surface area contributed by atoms with Crippen molar-refractivity contribution in [3.8, 4) is 0 Å². The van der Waals surface area contributed by atoms with Crippen molar-refractivity contribution in [2.24, 2.45) is 5.92 Å². The molecule has 0 radical (unpaired) electrons. The van der Waals surface area contributed by atoms with Gasteiger partial charge in [0.15, 0.2) is 0 Å². The van der Waals surface area contributed by atoms with Crippen molar-refractivity contribution >= 4 is 0 Å². The van der Waals surface area contributed by atoms with Gasteiger partial charge < -0.3 is 5.32 Å². The molecule has 1 saturated heterocycles. The third-order valence-corrected chi connectivity index (χ3v) is 3.19. The van der Waals surface area contributed by atoms with E-state index in [-0.39, 0.29) is 17.9 Å². The van der Waals surface area contributed by atoms with Crippen LogP contribution in [-0.4, -0.2) is 13.1 Å². The van der Waals surface area contributed by atoms with Gasteiger partial charge in [0.05, 0.1) is 0 Å². The van der Waals surface area contributed by atoms with E-state index in [0.29, 0.717) is 6.54 Å². The van der Waals surface area contributed by atoms with E-state index in [1.807, 2.05) is 0 Å². The number of rotatable bonds is 3. The first-order chi connectivity index (χ1) is 8.08. The van der Waals surface area contributed by atoms with Crippen LogP contribution in [0.5, 0.6) is 0 Å². The molecule has 1 heterocycles. The number of alkyl halides is 2. The van der Waals surface area contributed by atoms with E-state index in [0.717, 1.165) is 25.5 Å². The van der Waals surface area contributed by atoms with Crippen molar-refractivity contribution in [2.75, 3.05) is 13.1 Å². The van der Waals surface area contributed by atoms with Crippen LogP contribution in [0.15, 0.2) is 24.3 Å². The van der Waals surface area contributed by atoms with Crippen LogP contribution in [0.25, 0.3) is 0 Å². The van der Waals surface area contributed by atoms with Gasteiger partial charge in [-0.3, -0.25) is 0 Å². The Bertz CT molecular complexity index is 373. The second-order valence-corrected chi connectivity index (χ2v) is 4.63. The van der Waals surface area contributed by atoms with Gasteiger partial charge in [-0.25, -0.2) is 13.2 Å². The molecule has 0 aliphatic carbocycles. The fourth-order valence-corrected chi connectivity index (χ4v) is 2.29. The molecule has 1 N–H and O–H groups in total. The smallest absolute Gasteiger partial charge is 0.273 e. The summed E-state index contributed by atoms with van der Waals surface area (Å²) in [6, 6.07) is 4.73. The number of hydrogen-bond donors (Lipinski definition) is 1. The van der Waals surface area contributed by atoms with Gasteiger partial charge >= 0.3 is 0 Å². The van der Waals surface area contributed by atoms with Gasteiger partial charge in [0, 0.05) is 12.0 Å². The second kappa shape index (κ2) is 5.08. The van der Waals surface area contributed by atoms with E-state index < -0.39 is 11.7 Å². The third-order valence-electron chi connectivity index (χ3n) is 3.19. The zero-order valence-electron chi connectivity index (χ0n) is 9.56. The molecule has 0 spiro atoms. The molecule has 2 rings (SSSR count). The quantitative estimate of drug-likeness (QED) is 0.858. The second-order valence-electron chi connectivity index (χ2n) is 4.63. The first-order valence-electron chi connectivity index (χ1n) is 5.92. The number of hydrogen-bond acceptors (Lipinski definition) is 1. The number of piperidine rings is 1. The molecule has 4 heteroatoms. The van der Waals surface area contributed by atoms with Gasteiger partial charge in [0.25, 0.3) is 5.92 Å². The molecule has 0 aromatic heterocycles. The Morgan fingerprint density at radius 1 is 1.35 bits per heavy atom. The normalized spacial score (nSPS) is 21.5. The maximum absolute atomic E-state index is 13.9. The summed E-state index contributed by atoms with van der Waals surface area (Å²) < 4.78 is 40.8. The van der Waals surface area contributed by atoms with E-state index in [4.69, 9.17) is 0 Å². The van der Waals surface area contributed by atoms with Crippen LogP contribution in [0.1, 0.15) is 24.8 Å². The molecular formula is C13H16F3N. The van der Waals surface area contributed by atoms with Crippen LogP contribution in [-0.2, 0) is 5.92 Å². The molecule has 1 unspecified atom stereocenters. The molecule has 1 nitrogen and oxygen atoms in total. The fraction of sp³-hybridized carbons (Fsp3) is 0.538. The van der Waals surface area contributed by atoms with Gasteiger partial charge in [-0.15, -0.1) is 0 Å². The van der Waals surface area contributed by atoms with Crippen molar-refractivity contribution in [3.05, 3.63) is 35.6 Å². The van der Waals surface area contributed by atoms with Crippen molar-refractivity contribution in [3.63, 3.8) is 0 Å². The molecule has 1 fully saturated rings. The van der Waals surface area contributed by atoms with E-state index in [9.17, 15) is 13.2 Å². The molecule has 1 aliphatic rings. The highest BCUT2D eigenvalue weighted by Gasteiger charge is 2.35. The highest BCUT2D eigenvalue weighted by Crippen LogP contribution is 2.36. The highest BCUT2D eigenvalue weighted by atomic mass is 19.3. The van der Waals surface area contributed by atoms with Crippen LogP contribution in [0.3, 0.4) is 0 Å². The van der Waals surface area contributed by atoms with Crippen LogP contribution >= 0.6 is 0 Å². The fourth-order valence-electron chi connectivity index (χ4n) is 2.29. The number of nitrogens with one attached hydrogen (secondary N) is 1. The van der Waals surface area contributed by atoms with E-state index in [2.05, 4.69) is 5.32 Å². The van der Waals surface area contributed by atoms with E-state index in [1.165, 1.54) is 18.2 Å². The molecule has 0 amide bonds. The first kappa shape index (κ1) is 12.4. The predicted molar refractivity (Wildman–Crippen MR) is 60.5 cm³/mol. The van der Waals surface area contributed by atoms with Gasteiger partial charge in [-0.1, -0.05) is 12.1 Å². The molecule has 0 bridgehead atoms. The maximum Gasteiger partial charge on any atom is 0.273 e. The average Bonchev–Trinajstić information content (AvgIpc) is 2.30. The lowest BCUT2D eigenvalue weighted by molar-refractivity contribution is -0.0320. The maximum atomic E-state index is 13.9. The van der Waals surface area contributed by atoms with Crippen LogP contribution in [0.4, 0.5) is 13.2 Å². The summed E-state index contributed by atoms with van der Waals surface area (Å²) in [4.78, 5) is 0. The minimum absolute atomic E-state index is 0.0259. The summed E-state index contributed by atoms with van der Waals surface area (Å²) in [5.41, 5.74) is -0.219. The van der Waals surface area contributed by atoms with Gasteiger partial charge in [-0.05, 0) is 44.0 Å². The molecular weight excluding hydrogens is 227 g/mol. The van der Waals surface area contributed by atoms with Gasteiger partial charge in [0.2, 0.25) is 0 Å². The molecule has 0 saturated carbocycles. The molecule has 1 aromatic carbocycles. The lowest BCUT2D eigenvalue weighted by Gasteiger charge is -2.27. The zero-order chi connectivity index (χ0) is 12.3. The standard InChI is InChI=1S/C13H16F3N/c14-12-5-1-4-11(7-12)13(15,16)8-10-3-2-6-17-9-10/h1,4-5,7,10,17H,2-3,6,8-9H2. The highest BCUT2D eigenvalue weighted by molar-refractivity contribution is 5.21. The van der Waals surface area contributed by atoms with Gasteiger partial charge in [-0.2, -0.15) is 0 Å². The molecule has 94 valence electrons. The number of halogens is 3. The first-order valence-corrected chi connectivity index (χ1v) is 5.92. The van der Waals surface area contributed by atoms with Crippen molar-refractivity contribution in [1.82, 2.24) is 5.32 Å². The summed E-state index contributed by atoms with van der Waals surface area (Å²) in [7, 11) is 0. The van der Waals surface area contributed by atoms with E-state index in [1.54, 1.807) is 0 Å².